The normalized spacial score (nSPS) is 11.6. The summed E-state index contributed by atoms with van der Waals surface area (Å²) < 4.78 is 0.761. The summed E-state index contributed by atoms with van der Waals surface area (Å²) in [7, 11) is 4.32. The fourth-order valence-corrected chi connectivity index (χ4v) is 3.92. The summed E-state index contributed by atoms with van der Waals surface area (Å²) in [6.07, 6.45) is 19.4. The van der Waals surface area contributed by atoms with Gasteiger partial charge in [-0.25, -0.2) is 0 Å². The summed E-state index contributed by atoms with van der Waals surface area (Å²) >= 11 is 0. The van der Waals surface area contributed by atoms with Crippen LogP contribution in [0.3, 0.4) is 0 Å². The van der Waals surface area contributed by atoms with E-state index >= 15 is 0 Å². The minimum atomic E-state index is 0.103. The molecule has 3 nitrogen and oxygen atoms in total. The number of rotatable bonds is 18. The minimum Gasteiger partial charge on any atom is -0.321 e. The van der Waals surface area contributed by atoms with E-state index in [0.717, 1.165) is 16.7 Å². The molecule has 1 aromatic carbocycles. The van der Waals surface area contributed by atoms with Crippen LogP contribution in [0, 0.1) is 0 Å². The van der Waals surface area contributed by atoms with E-state index in [2.05, 4.69) is 26.3 Å². The summed E-state index contributed by atoms with van der Waals surface area (Å²) in [5.74, 6) is 0.103. The van der Waals surface area contributed by atoms with Crippen LogP contribution in [-0.2, 0) is 4.79 Å². The van der Waals surface area contributed by atoms with Gasteiger partial charge in [0.25, 0.3) is 5.91 Å². The molecule has 0 aliphatic heterocycles. The molecule has 0 bridgehead atoms. The molecule has 1 rings (SSSR count). The zero-order valence-corrected chi connectivity index (χ0v) is 19.6. The molecule has 166 valence electrons. The molecule has 0 aliphatic carbocycles. The zero-order chi connectivity index (χ0) is 21.2. The first-order valence-corrected chi connectivity index (χ1v) is 12.2. The minimum absolute atomic E-state index is 0.103. The standard InChI is InChI=1S/C26H46N2O/c1-4-5-6-7-8-9-10-11-12-13-14-15-16-20-23-28(2,3)24-26(29)27-25-21-18-17-19-22-25/h17-19,21-22H,4-16,20,23-24H2,1-3H3/p+1. The van der Waals surface area contributed by atoms with Gasteiger partial charge in [-0.2, -0.15) is 0 Å². The Morgan fingerprint density at radius 3 is 1.66 bits per heavy atom. The first kappa shape index (κ1) is 25.7. The number of carbonyl (C=O) groups excluding carboxylic acids is 1. The Balaban J connectivity index is 1.93. The number of likely N-dealkylation sites (N-methyl/N-ethyl adjacent to an activating group) is 1. The molecular formula is C26H47N2O+. The first-order chi connectivity index (χ1) is 14.0. The average Bonchev–Trinajstić information content (AvgIpc) is 2.68. The van der Waals surface area contributed by atoms with E-state index in [4.69, 9.17) is 0 Å². The van der Waals surface area contributed by atoms with Gasteiger partial charge in [0.2, 0.25) is 0 Å². The molecule has 1 N–H and O–H groups in total. The average molecular weight is 404 g/mol. The van der Waals surface area contributed by atoms with Crippen LogP contribution in [0.25, 0.3) is 0 Å². The summed E-state index contributed by atoms with van der Waals surface area (Å²) in [6, 6.07) is 9.73. The number of benzene rings is 1. The van der Waals surface area contributed by atoms with Crippen molar-refractivity contribution < 1.29 is 9.28 Å². The fourth-order valence-electron chi connectivity index (χ4n) is 3.92. The Labute approximate surface area is 180 Å². The predicted molar refractivity (Wildman–Crippen MR) is 127 cm³/mol. The van der Waals surface area contributed by atoms with Gasteiger partial charge >= 0.3 is 0 Å². The number of nitrogens with one attached hydrogen (secondary N) is 1. The van der Waals surface area contributed by atoms with Crippen molar-refractivity contribution in [1.82, 2.24) is 0 Å². The lowest BCUT2D eigenvalue weighted by Gasteiger charge is -2.29. The van der Waals surface area contributed by atoms with E-state index in [1.165, 1.54) is 89.9 Å². The van der Waals surface area contributed by atoms with Crippen LogP contribution in [0.5, 0.6) is 0 Å². The van der Waals surface area contributed by atoms with Crippen LogP contribution in [-0.4, -0.2) is 37.6 Å². The Morgan fingerprint density at radius 2 is 1.17 bits per heavy atom. The van der Waals surface area contributed by atoms with Crippen molar-refractivity contribution in [3.8, 4) is 0 Å². The molecule has 0 aliphatic rings. The van der Waals surface area contributed by atoms with Crippen molar-refractivity contribution in [1.29, 1.82) is 0 Å². The third-order valence-corrected chi connectivity index (χ3v) is 5.75. The zero-order valence-electron chi connectivity index (χ0n) is 19.6. The van der Waals surface area contributed by atoms with Gasteiger partial charge in [0.1, 0.15) is 0 Å². The molecular weight excluding hydrogens is 356 g/mol. The molecule has 0 unspecified atom stereocenters. The molecule has 1 aromatic rings. The first-order valence-electron chi connectivity index (χ1n) is 12.2. The summed E-state index contributed by atoms with van der Waals surface area (Å²) in [5, 5.41) is 3.00. The molecule has 0 aromatic heterocycles. The van der Waals surface area contributed by atoms with E-state index in [1.807, 2.05) is 30.3 Å². The second-order valence-corrected chi connectivity index (χ2v) is 9.33. The number of hydrogen-bond acceptors (Lipinski definition) is 1. The Kier molecular flexibility index (Phi) is 14.6. The van der Waals surface area contributed by atoms with Gasteiger partial charge in [0, 0.05) is 5.69 Å². The lowest BCUT2D eigenvalue weighted by molar-refractivity contribution is -0.882. The van der Waals surface area contributed by atoms with Crippen molar-refractivity contribution in [2.24, 2.45) is 0 Å². The maximum atomic E-state index is 12.2. The SMILES string of the molecule is CCCCCCCCCCCCCCCC[N+](C)(C)CC(=O)Nc1ccccc1. The number of hydrogen-bond donors (Lipinski definition) is 1. The summed E-state index contributed by atoms with van der Waals surface area (Å²) in [4.78, 5) is 12.2. The lowest BCUT2D eigenvalue weighted by Crippen LogP contribution is -2.46. The van der Waals surface area contributed by atoms with Crippen LogP contribution in [0.2, 0.25) is 0 Å². The predicted octanol–water partition coefficient (Wildman–Crippen LogP) is 7.18. The van der Waals surface area contributed by atoms with Crippen molar-refractivity contribution in [2.45, 2.75) is 96.8 Å². The lowest BCUT2D eigenvalue weighted by atomic mass is 10.0. The van der Waals surface area contributed by atoms with Crippen LogP contribution < -0.4 is 5.32 Å². The second kappa shape index (κ2) is 16.4. The van der Waals surface area contributed by atoms with Gasteiger partial charge < -0.3 is 9.80 Å². The maximum absolute atomic E-state index is 12.2. The summed E-state index contributed by atoms with van der Waals surface area (Å²) in [5.41, 5.74) is 0.883. The molecule has 0 saturated carbocycles. The van der Waals surface area contributed by atoms with Gasteiger partial charge in [-0.1, -0.05) is 102 Å². The van der Waals surface area contributed by atoms with E-state index in [9.17, 15) is 4.79 Å². The highest BCUT2D eigenvalue weighted by atomic mass is 16.2. The molecule has 0 heterocycles. The van der Waals surface area contributed by atoms with Crippen LogP contribution in [0.15, 0.2) is 30.3 Å². The molecule has 0 radical (unpaired) electrons. The van der Waals surface area contributed by atoms with E-state index in [0.29, 0.717) is 6.54 Å². The van der Waals surface area contributed by atoms with Crippen molar-refractivity contribution >= 4 is 11.6 Å². The molecule has 0 fully saturated rings. The van der Waals surface area contributed by atoms with Gasteiger partial charge in [-0.05, 0) is 25.0 Å². The highest BCUT2D eigenvalue weighted by Gasteiger charge is 2.19. The van der Waals surface area contributed by atoms with Gasteiger partial charge in [0.15, 0.2) is 6.54 Å². The number of anilines is 1. The number of amides is 1. The molecule has 0 spiro atoms. The van der Waals surface area contributed by atoms with Crippen molar-refractivity contribution in [3.63, 3.8) is 0 Å². The number of nitrogens with zero attached hydrogens (tertiary/aromatic N) is 1. The quantitative estimate of drug-likeness (QED) is 0.204. The third kappa shape index (κ3) is 15.2. The number of carbonyl (C=O) groups is 1. The summed E-state index contributed by atoms with van der Waals surface area (Å²) in [6.45, 7) is 3.89. The Hall–Kier alpha value is -1.35. The topological polar surface area (TPSA) is 29.1 Å². The van der Waals surface area contributed by atoms with Gasteiger partial charge in [-0.3, -0.25) is 4.79 Å². The van der Waals surface area contributed by atoms with Crippen LogP contribution in [0.4, 0.5) is 5.69 Å². The molecule has 0 atom stereocenters. The number of para-hydroxylation sites is 1. The highest BCUT2D eigenvalue weighted by molar-refractivity contribution is 5.91. The molecule has 29 heavy (non-hydrogen) atoms. The van der Waals surface area contributed by atoms with Crippen molar-refractivity contribution in [2.75, 3.05) is 32.5 Å². The van der Waals surface area contributed by atoms with Gasteiger partial charge in [-0.15, -0.1) is 0 Å². The van der Waals surface area contributed by atoms with Crippen molar-refractivity contribution in [3.05, 3.63) is 30.3 Å². The fraction of sp³-hybridized carbons (Fsp3) is 0.731. The number of unbranched alkanes of at least 4 members (excludes halogenated alkanes) is 13. The monoisotopic (exact) mass is 403 g/mol. The highest BCUT2D eigenvalue weighted by Crippen LogP contribution is 2.14. The molecule has 1 amide bonds. The second-order valence-electron chi connectivity index (χ2n) is 9.33. The Morgan fingerprint density at radius 1 is 0.724 bits per heavy atom. The van der Waals surface area contributed by atoms with E-state index in [-0.39, 0.29) is 5.91 Å². The van der Waals surface area contributed by atoms with Crippen LogP contribution >= 0.6 is 0 Å². The molecule has 0 saturated heterocycles. The Bertz CT molecular complexity index is 513. The van der Waals surface area contributed by atoms with Gasteiger partial charge in [0.05, 0.1) is 20.6 Å². The van der Waals surface area contributed by atoms with Crippen LogP contribution in [0.1, 0.15) is 96.8 Å². The smallest absolute Gasteiger partial charge is 0.279 e. The third-order valence-electron chi connectivity index (χ3n) is 5.75. The molecule has 3 heteroatoms. The number of quaternary nitrogens is 1. The largest absolute Gasteiger partial charge is 0.321 e. The van der Waals surface area contributed by atoms with E-state index in [1.54, 1.807) is 0 Å². The van der Waals surface area contributed by atoms with E-state index < -0.39 is 0 Å². The maximum Gasteiger partial charge on any atom is 0.279 e.